The summed E-state index contributed by atoms with van der Waals surface area (Å²) in [5, 5.41) is 18.1. The molecule has 1 aliphatic heterocycles. The summed E-state index contributed by atoms with van der Waals surface area (Å²) in [7, 11) is 1.77. The van der Waals surface area contributed by atoms with Crippen LogP contribution in [0.15, 0.2) is 36.7 Å². The number of benzene rings is 1. The minimum atomic E-state index is -0.338. The van der Waals surface area contributed by atoms with Gasteiger partial charge in [-0.25, -0.2) is 0 Å². The van der Waals surface area contributed by atoms with E-state index in [-0.39, 0.29) is 16.5 Å². The van der Waals surface area contributed by atoms with Gasteiger partial charge in [0.05, 0.1) is 16.7 Å². The fraction of sp³-hybridized carbons (Fsp3) is 0.412. The maximum Gasteiger partial charge on any atom is 0.292 e. The molecule has 1 saturated heterocycles. The Morgan fingerprint density at radius 3 is 2.72 bits per heavy atom. The highest BCUT2D eigenvalue weighted by atomic mass is 16.6. The monoisotopic (exact) mass is 343 g/mol. The number of para-hydroxylation sites is 2. The lowest BCUT2D eigenvalue weighted by Gasteiger charge is -2.33. The number of carbonyl (C=O) groups is 1. The maximum atomic E-state index is 12.1. The van der Waals surface area contributed by atoms with Gasteiger partial charge in [-0.1, -0.05) is 12.1 Å². The number of nitro groups is 1. The summed E-state index contributed by atoms with van der Waals surface area (Å²) in [5.74, 6) is 0.258. The van der Waals surface area contributed by atoms with E-state index in [4.69, 9.17) is 0 Å². The maximum absolute atomic E-state index is 12.1. The Bertz CT molecular complexity index is 765. The molecule has 8 nitrogen and oxygen atoms in total. The summed E-state index contributed by atoms with van der Waals surface area (Å²) >= 11 is 0. The molecule has 1 aliphatic rings. The molecule has 132 valence electrons. The highest BCUT2D eigenvalue weighted by Gasteiger charge is 2.24. The van der Waals surface area contributed by atoms with E-state index in [0.717, 1.165) is 25.9 Å². The molecule has 25 heavy (non-hydrogen) atoms. The largest absolute Gasteiger partial charge is 0.366 e. The van der Waals surface area contributed by atoms with Crippen LogP contribution in [0.25, 0.3) is 0 Å². The van der Waals surface area contributed by atoms with E-state index >= 15 is 0 Å². The molecule has 8 heteroatoms. The van der Waals surface area contributed by atoms with Crippen molar-refractivity contribution in [3.05, 3.63) is 52.3 Å². The van der Waals surface area contributed by atoms with E-state index in [0.29, 0.717) is 23.7 Å². The summed E-state index contributed by atoms with van der Waals surface area (Å²) in [6.45, 7) is 2.11. The molecule has 0 radical (unpaired) electrons. The highest BCUT2D eigenvalue weighted by Crippen LogP contribution is 2.30. The fourth-order valence-corrected chi connectivity index (χ4v) is 3.14. The third-order valence-electron chi connectivity index (χ3n) is 4.55. The van der Waals surface area contributed by atoms with E-state index in [1.54, 1.807) is 36.3 Å². The van der Waals surface area contributed by atoms with Gasteiger partial charge in [-0.2, -0.15) is 5.10 Å². The molecule has 1 N–H and O–H groups in total. The number of nitro benzene ring substituents is 1. The summed E-state index contributed by atoms with van der Waals surface area (Å²) < 4.78 is 1.60. The minimum Gasteiger partial charge on any atom is -0.366 e. The summed E-state index contributed by atoms with van der Waals surface area (Å²) in [4.78, 5) is 24.9. The van der Waals surface area contributed by atoms with Gasteiger partial charge in [-0.3, -0.25) is 19.6 Å². The first-order valence-electron chi connectivity index (χ1n) is 8.30. The zero-order chi connectivity index (χ0) is 17.8. The molecule has 0 bridgehead atoms. The molecular formula is C17H21N5O3. The van der Waals surface area contributed by atoms with Crippen molar-refractivity contribution in [3.8, 4) is 0 Å². The average Bonchev–Trinajstić information content (AvgIpc) is 3.06. The van der Waals surface area contributed by atoms with Gasteiger partial charge in [0.1, 0.15) is 5.69 Å². The number of nitrogens with zero attached hydrogens (tertiary/aromatic N) is 4. The van der Waals surface area contributed by atoms with Crippen LogP contribution >= 0.6 is 0 Å². The van der Waals surface area contributed by atoms with Crippen LogP contribution in [-0.2, 0) is 7.05 Å². The second-order valence-corrected chi connectivity index (χ2v) is 6.29. The second kappa shape index (κ2) is 7.33. The number of amides is 1. The lowest BCUT2D eigenvalue weighted by Crippen LogP contribution is -2.38. The summed E-state index contributed by atoms with van der Waals surface area (Å²) in [6.07, 6.45) is 5.01. The first kappa shape index (κ1) is 16.9. The number of hydrogen-bond donors (Lipinski definition) is 1. The van der Waals surface area contributed by atoms with Crippen molar-refractivity contribution in [2.24, 2.45) is 13.0 Å². The van der Waals surface area contributed by atoms with Crippen LogP contribution in [0.1, 0.15) is 23.2 Å². The van der Waals surface area contributed by atoms with Crippen LogP contribution in [0, 0.1) is 16.0 Å². The molecule has 1 aromatic heterocycles. The molecule has 2 aromatic rings. The summed E-state index contributed by atoms with van der Waals surface area (Å²) in [5.41, 5.74) is 1.37. The molecule has 3 rings (SSSR count). The molecule has 0 atom stereocenters. The number of rotatable bonds is 5. The number of carbonyl (C=O) groups excluding carboxylic acids is 1. The topological polar surface area (TPSA) is 93.3 Å². The molecule has 0 aliphatic carbocycles. The Morgan fingerprint density at radius 1 is 1.36 bits per heavy atom. The smallest absolute Gasteiger partial charge is 0.292 e. The van der Waals surface area contributed by atoms with Crippen LogP contribution in [0.4, 0.5) is 11.4 Å². The van der Waals surface area contributed by atoms with Crippen molar-refractivity contribution in [2.45, 2.75) is 12.8 Å². The van der Waals surface area contributed by atoms with Crippen LogP contribution in [0.2, 0.25) is 0 Å². The van der Waals surface area contributed by atoms with E-state index in [1.807, 2.05) is 6.07 Å². The number of nitrogens with one attached hydrogen (secondary N) is 1. The number of piperidine rings is 1. The van der Waals surface area contributed by atoms with Gasteiger partial charge >= 0.3 is 0 Å². The van der Waals surface area contributed by atoms with E-state index < -0.39 is 0 Å². The standard InChI is InChI=1S/C17H21N5O3/c1-20-12-14(11-19-20)17(23)18-10-13-6-8-21(9-7-13)15-4-2-3-5-16(15)22(24)25/h2-5,11-13H,6-10H2,1H3,(H,18,23). The van der Waals surface area contributed by atoms with Crippen molar-refractivity contribution < 1.29 is 9.72 Å². The number of aryl methyl sites for hydroxylation is 1. The molecule has 0 unspecified atom stereocenters. The lowest BCUT2D eigenvalue weighted by atomic mass is 9.96. The molecule has 0 saturated carbocycles. The fourth-order valence-electron chi connectivity index (χ4n) is 3.14. The van der Waals surface area contributed by atoms with Gasteiger partial charge in [-0.05, 0) is 24.8 Å². The average molecular weight is 343 g/mol. The van der Waals surface area contributed by atoms with Crippen molar-refractivity contribution in [2.75, 3.05) is 24.5 Å². The highest BCUT2D eigenvalue weighted by molar-refractivity contribution is 5.93. The van der Waals surface area contributed by atoms with E-state index in [2.05, 4.69) is 15.3 Å². The Balaban J connectivity index is 1.52. The molecule has 1 aromatic carbocycles. The molecule has 1 amide bonds. The minimum absolute atomic E-state index is 0.116. The van der Waals surface area contributed by atoms with Crippen LogP contribution in [0.5, 0.6) is 0 Å². The second-order valence-electron chi connectivity index (χ2n) is 6.29. The normalized spacial score (nSPS) is 15.2. The SMILES string of the molecule is Cn1cc(C(=O)NCC2CCN(c3ccccc3[N+](=O)[O-])CC2)cn1. The lowest BCUT2D eigenvalue weighted by molar-refractivity contribution is -0.384. The summed E-state index contributed by atoms with van der Waals surface area (Å²) in [6, 6.07) is 6.84. The third kappa shape index (κ3) is 3.96. The Kier molecular flexibility index (Phi) is 4.97. The van der Waals surface area contributed by atoms with Gasteiger partial charge in [0.15, 0.2) is 0 Å². The van der Waals surface area contributed by atoms with Gasteiger partial charge in [-0.15, -0.1) is 0 Å². The molecule has 2 heterocycles. The zero-order valence-electron chi connectivity index (χ0n) is 14.1. The Labute approximate surface area is 145 Å². The number of aromatic nitrogens is 2. The van der Waals surface area contributed by atoms with Crippen LogP contribution < -0.4 is 10.2 Å². The molecule has 0 spiro atoms. The Hall–Kier alpha value is -2.90. The van der Waals surface area contributed by atoms with E-state index in [1.165, 1.54) is 6.07 Å². The molecular weight excluding hydrogens is 322 g/mol. The zero-order valence-corrected chi connectivity index (χ0v) is 14.1. The predicted molar refractivity (Wildman–Crippen MR) is 93.6 cm³/mol. The Morgan fingerprint density at radius 2 is 2.08 bits per heavy atom. The van der Waals surface area contributed by atoms with Crippen molar-refractivity contribution in [1.29, 1.82) is 0 Å². The number of hydrogen-bond acceptors (Lipinski definition) is 5. The first-order valence-corrected chi connectivity index (χ1v) is 8.30. The van der Waals surface area contributed by atoms with Crippen molar-refractivity contribution in [1.82, 2.24) is 15.1 Å². The van der Waals surface area contributed by atoms with Gasteiger partial charge in [0.25, 0.3) is 11.6 Å². The van der Waals surface area contributed by atoms with Crippen LogP contribution in [-0.4, -0.2) is 40.2 Å². The van der Waals surface area contributed by atoms with Gasteiger partial charge in [0, 0.05) is 38.9 Å². The van der Waals surface area contributed by atoms with Crippen molar-refractivity contribution in [3.63, 3.8) is 0 Å². The third-order valence-corrected chi connectivity index (χ3v) is 4.55. The van der Waals surface area contributed by atoms with E-state index in [9.17, 15) is 14.9 Å². The first-order chi connectivity index (χ1) is 12.0. The van der Waals surface area contributed by atoms with Crippen molar-refractivity contribution >= 4 is 17.3 Å². The number of anilines is 1. The van der Waals surface area contributed by atoms with Gasteiger partial charge < -0.3 is 10.2 Å². The van der Waals surface area contributed by atoms with Gasteiger partial charge in [0.2, 0.25) is 0 Å². The molecule has 1 fully saturated rings. The quantitative estimate of drug-likeness (QED) is 0.662. The van der Waals surface area contributed by atoms with Crippen LogP contribution in [0.3, 0.4) is 0 Å². The predicted octanol–water partition coefficient (Wildman–Crippen LogP) is 1.97.